The van der Waals surface area contributed by atoms with Crippen molar-refractivity contribution in [1.29, 1.82) is 0 Å². The van der Waals surface area contributed by atoms with Gasteiger partial charge in [0.2, 0.25) is 12.0 Å². The lowest BCUT2D eigenvalue weighted by Gasteiger charge is -2.32. The van der Waals surface area contributed by atoms with Gasteiger partial charge in [0.05, 0.1) is 5.71 Å². The summed E-state index contributed by atoms with van der Waals surface area (Å²) < 4.78 is 13.3. The number of oxime groups is 1. The van der Waals surface area contributed by atoms with Gasteiger partial charge in [-0.15, -0.1) is 0 Å². The molecule has 0 aromatic heterocycles. The van der Waals surface area contributed by atoms with E-state index >= 15 is 0 Å². The van der Waals surface area contributed by atoms with Crippen molar-refractivity contribution in [2.24, 2.45) is 5.16 Å². The first-order valence-electron chi connectivity index (χ1n) is 8.07. The van der Waals surface area contributed by atoms with Gasteiger partial charge in [-0.2, -0.15) is 0 Å². The predicted octanol–water partition coefficient (Wildman–Crippen LogP) is 1.45. The number of hydrogen-bond acceptors (Lipinski definition) is 4. The Balaban J connectivity index is 1.50. The number of carbonyl (C=O) groups excluding carboxylic acids is 2. The van der Waals surface area contributed by atoms with Gasteiger partial charge in [0, 0.05) is 38.0 Å². The molecule has 2 aliphatic heterocycles. The molecule has 0 bridgehead atoms. The summed E-state index contributed by atoms with van der Waals surface area (Å²) in [6.07, 6.45) is 1.10. The highest BCUT2D eigenvalue weighted by atomic mass is 19.1. The molecule has 7 heteroatoms. The molecule has 0 radical (unpaired) electrons. The van der Waals surface area contributed by atoms with Crippen molar-refractivity contribution in [2.75, 3.05) is 13.1 Å². The Kier molecular flexibility index (Phi) is 4.78. The molecular formula is C17H20FN3O3. The van der Waals surface area contributed by atoms with Crippen LogP contribution >= 0.6 is 0 Å². The molecule has 0 unspecified atom stereocenters. The van der Waals surface area contributed by atoms with Gasteiger partial charge in [-0.3, -0.25) is 9.59 Å². The monoisotopic (exact) mass is 333 g/mol. The maximum Gasteiger partial charge on any atom is 0.264 e. The molecule has 3 rings (SSSR count). The minimum atomic E-state index is -0.686. The summed E-state index contributed by atoms with van der Waals surface area (Å²) in [5, 5.41) is 6.87. The third kappa shape index (κ3) is 3.72. The topological polar surface area (TPSA) is 71.0 Å². The second-order valence-electron chi connectivity index (χ2n) is 6.14. The first-order valence-corrected chi connectivity index (χ1v) is 8.07. The van der Waals surface area contributed by atoms with E-state index in [-0.39, 0.29) is 23.7 Å². The van der Waals surface area contributed by atoms with Crippen LogP contribution in [0.25, 0.3) is 0 Å². The number of benzene rings is 1. The number of nitrogens with zero attached hydrogens (tertiary/aromatic N) is 2. The first kappa shape index (κ1) is 16.4. The van der Waals surface area contributed by atoms with E-state index < -0.39 is 6.10 Å². The molecule has 1 saturated heterocycles. The summed E-state index contributed by atoms with van der Waals surface area (Å²) in [5.41, 5.74) is 1.20. The normalized spacial score (nSPS) is 21.2. The van der Waals surface area contributed by atoms with E-state index in [0.717, 1.165) is 12.8 Å². The minimum Gasteiger partial charge on any atom is -0.382 e. The number of carbonyl (C=O) groups is 2. The highest BCUT2D eigenvalue weighted by Crippen LogP contribution is 2.18. The molecule has 2 heterocycles. The molecule has 2 aliphatic rings. The van der Waals surface area contributed by atoms with Crippen LogP contribution in [0.2, 0.25) is 0 Å². The van der Waals surface area contributed by atoms with Gasteiger partial charge in [-0.25, -0.2) is 4.39 Å². The second kappa shape index (κ2) is 6.98. The van der Waals surface area contributed by atoms with Crippen molar-refractivity contribution in [2.45, 2.75) is 38.3 Å². The molecule has 6 nitrogen and oxygen atoms in total. The van der Waals surface area contributed by atoms with E-state index in [9.17, 15) is 14.0 Å². The van der Waals surface area contributed by atoms with Crippen LogP contribution in [0, 0.1) is 5.82 Å². The van der Waals surface area contributed by atoms with Crippen LogP contribution in [-0.4, -0.2) is 47.7 Å². The van der Waals surface area contributed by atoms with Gasteiger partial charge in [0.1, 0.15) is 5.82 Å². The Hall–Kier alpha value is -2.44. The molecule has 24 heavy (non-hydrogen) atoms. The van der Waals surface area contributed by atoms with Crippen molar-refractivity contribution < 1.29 is 18.8 Å². The van der Waals surface area contributed by atoms with Crippen molar-refractivity contribution in [1.82, 2.24) is 10.2 Å². The van der Waals surface area contributed by atoms with Crippen LogP contribution in [-0.2, 0) is 14.4 Å². The maximum absolute atomic E-state index is 13.3. The van der Waals surface area contributed by atoms with Crippen molar-refractivity contribution >= 4 is 17.5 Å². The van der Waals surface area contributed by atoms with Crippen LogP contribution in [0.15, 0.2) is 29.4 Å². The minimum absolute atomic E-state index is 0.0370. The van der Waals surface area contributed by atoms with Crippen LogP contribution in [0.1, 0.15) is 31.7 Å². The Labute approximate surface area is 139 Å². The average molecular weight is 333 g/mol. The van der Waals surface area contributed by atoms with Crippen LogP contribution in [0.3, 0.4) is 0 Å². The summed E-state index contributed by atoms with van der Waals surface area (Å²) in [6, 6.07) is 6.11. The van der Waals surface area contributed by atoms with Crippen LogP contribution < -0.4 is 5.32 Å². The number of nitrogens with one attached hydrogen (secondary N) is 1. The summed E-state index contributed by atoms with van der Waals surface area (Å²) in [7, 11) is 0. The zero-order chi connectivity index (χ0) is 17.1. The Morgan fingerprint density at radius 3 is 2.75 bits per heavy atom. The quantitative estimate of drug-likeness (QED) is 0.910. The third-order valence-electron chi connectivity index (χ3n) is 4.41. The lowest BCUT2D eigenvalue weighted by Crippen LogP contribution is -2.48. The fraction of sp³-hybridized carbons (Fsp3) is 0.471. The van der Waals surface area contributed by atoms with Crippen molar-refractivity contribution in [3.63, 3.8) is 0 Å². The molecule has 0 saturated carbocycles. The van der Waals surface area contributed by atoms with E-state index in [2.05, 4.69) is 10.5 Å². The summed E-state index contributed by atoms with van der Waals surface area (Å²) >= 11 is 0. The van der Waals surface area contributed by atoms with Gasteiger partial charge in [-0.1, -0.05) is 17.3 Å². The maximum atomic E-state index is 13.3. The smallest absolute Gasteiger partial charge is 0.264 e. The zero-order valence-corrected chi connectivity index (χ0v) is 13.5. The zero-order valence-electron chi connectivity index (χ0n) is 13.5. The Bertz CT molecular complexity index is 669. The number of halogens is 1. The molecular weight excluding hydrogens is 313 g/mol. The third-order valence-corrected chi connectivity index (χ3v) is 4.41. The fourth-order valence-electron chi connectivity index (χ4n) is 2.99. The molecule has 1 N–H and O–H groups in total. The average Bonchev–Trinajstić information content (AvgIpc) is 3.05. The standard InChI is InChI=1S/C17H20FN3O3/c1-11(22)21-7-5-14(6-8-21)19-17(23)16-10-15(20-24-16)12-3-2-4-13(18)9-12/h2-4,9,14,16H,5-8,10H2,1H3,(H,19,23)/t16-/m0/s1. The SMILES string of the molecule is CC(=O)N1CCC(NC(=O)[C@@H]2CC(c3cccc(F)c3)=NO2)CC1. The lowest BCUT2D eigenvalue weighted by molar-refractivity contribution is -0.132. The Morgan fingerprint density at radius 1 is 1.33 bits per heavy atom. The number of hydrogen-bond donors (Lipinski definition) is 1. The van der Waals surface area contributed by atoms with Gasteiger partial charge in [0.25, 0.3) is 5.91 Å². The lowest BCUT2D eigenvalue weighted by atomic mass is 10.0. The van der Waals surface area contributed by atoms with Crippen LogP contribution in [0.4, 0.5) is 4.39 Å². The second-order valence-corrected chi connectivity index (χ2v) is 6.14. The number of rotatable bonds is 3. The largest absolute Gasteiger partial charge is 0.382 e. The van der Waals surface area contributed by atoms with E-state index in [1.165, 1.54) is 12.1 Å². The molecule has 0 aliphatic carbocycles. The van der Waals surface area contributed by atoms with Crippen molar-refractivity contribution in [3.8, 4) is 0 Å². The highest BCUT2D eigenvalue weighted by molar-refractivity contribution is 6.04. The van der Waals surface area contributed by atoms with E-state index in [0.29, 0.717) is 30.8 Å². The van der Waals surface area contributed by atoms with Gasteiger partial charge in [0.15, 0.2) is 0 Å². The van der Waals surface area contributed by atoms with Gasteiger partial charge < -0.3 is 15.1 Å². The van der Waals surface area contributed by atoms with E-state index in [4.69, 9.17) is 4.84 Å². The summed E-state index contributed by atoms with van der Waals surface area (Å²) in [5.74, 6) is -0.501. The number of likely N-dealkylation sites (tertiary alicyclic amines) is 1. The highest BCUT2D eigenvalue weighted by Gasteiger charge is 2.31. The molecule has 1 aromatic rings. The van der Waals surface area contributed by atoms with Gasteiger partial charge in [-0.05, 0) is 25.0 Å². The fourth-order valence-corrected chi connectivity index (χ4v) is 2.99. The predicted molar refractivity (Wildman–Crippen MR) is 85.8 cm³/mol. The van der Waals surface area contributed by atoms with Crippen LogP contribution in [0.5, 0.6) is 0 Å². The van der Waals surface area contributed by atoms with Gasteiger partial charge >= 0.3 is 0 Å². The summed E-state index contributed by atoms with van der Waals surface area (Å²) in [4.78, 5) is 30.6. The molecule has 1 atom stereocenters. The molecule has 1 aromatic carbocycles. The van der Waals surface area contributed by atoms with E-state index in [1.807, 2.05) is 0 Å². The first-order chi connectivity index (χ1) is 11.5. The molecule has 1 fully saturated rings. The molecule has 128 valence electrons. The molecule has 0 spiro atoms. The Morgan fingerprint density at radius 2 is 2.08 bits per heavy atom. The summed E-state index contributed by atoms with van der Waals surface area (Å²) in [6.45, 7) is 2.85. The molecule has 2 amide bonds. The van der Waals surface area contributed by atoms with E-state index in [1.54, 1.807) is 24.0 Å². The van der Waals surface area contributed by atoms with Crippen molar-refractivity contribution in [3.05, 3.63) is 35.6 Å². The number of piperidine rings is 1. The number of amides is 2.